The van der Waals surface area contributed by atoms with Gasteiger partial charge in [-0.25, -0.2) is 14.6 Å². The van der Waals surface area contributed by atoms with Crippen LogP contribution in [0.4, 0.5) is 5.69 Å². The zero-order valence-corrected chi connectivity index (χ0v) is 13.4. The van der Waals surface area contributed by atoms with Crippen molar-refractivity contribution in [3.05, 3.63) is 67.3 Å². The molecule has 0 spiro atoms. The summed E-state index contributed by atoms with van der Waals surface area (Å²) in [5, 5.41) is 2.80. The number of benzene rings is 1. The Morgan fingerprint density at radius 3 is 2.65 bits per heavy atom. The normalized spacial score (nSPS) is 11.1. The molecule has 0 bridgehead atoms. The number of hydrogen-bond donors (Lipinski definition) is 4. The van der Waals surface area contributed by atoms with E-state index in [4.69, 9.17) is 0 Å². The molecule has 0 fully saturated rings. The molecular weight excluding hydrogens is 340 g/mol. The van der Waals surface area contributed by atoms with Crippen molar-refractivity contribution in [2.45, 2.75) is 0 Å². The van der Waals surface area contributed by atoms with Gasteiger partial charge in [-0.3, -0.25) is 19.1 Å². The molecule has 0 saturated carbocycles. The van der Waals surface area contributed by atoms with E-state index < -0.39 is 17.2 Å². The molecule has 4 N–H and O–H groups in total. The van der Waals surface area contributed by atoms with Crippen LogP contribution in [0.3, 0.4) is 0 Å². The number of fused-ring (bicyclic) bond motifs is 2. The van der Waals surface area contributed by atoms with Crippen LogP contribution in [0.25, 0.3) is 22.1 Å². The van der Waals surface area contributed by atoms with E-state index in [1.807, 2.05) is 0 Å². The van der Waals surface area contributed by atoms with Crippen LogP contribution in [-0.4, -0.2) is 30.4 Å². The van der Waals surface area contributed by atoms with Gasteiger partial charge < -0.3 is 15.3 Å². The second kappa shape index (κ2) is 5.55. The molecule has 0 atom stereocenters. The summed E-state index contributed by atoms with van der Waals surface area (Å²) in [5.41, 5.74) is 0.437. The zero-order valence-electron chi connectivity index (χ0n) is 13.4. The van der Waals surface area contributed by atoms with Gasteiger partial charge in [-0.15, -0.1) is 0 Å². The van der Waals surface area contributed by atoms with Crippen LogP contribution >= 0.6 is 0 Å². The van der Waals surface area contributed by atoms with Crippen molar-refractivity contribution in [3.8, 4) is 0 Å². The lowest BCUT2D eigenvalue weighted by Gasteiger charge is -2.07. The molecule has 10 nitrogen and oxygen atoms in total. The number of nitrogens with zero attached hydrogens (tertiary/aromatic N) is 2. The van der Waals surface area contributed by atoms with Crippen molar-refractivity contribution in [3.63, 3.8) is 0 Å². The number of aryl methyl sites for hydroxylation is 1. The Kier molecular flexibility index (Phi) is 3.32. The van der Waals surface area contributed by atoms with Gasteiger partial charge in [-0.1, -0.05) is 0 Å². The number of imidazole rings is 1. The van der Waals surface area contributed by atoms with Gasteiger partial charge in [0.15, 0.2) is 0 Å². The van der Waals surface area contributed by atoms with Crippen LogP contribution in [-0.2, 0) is 7.05 Å². The second-order valence-electron chi connectivity index (χ2n) is 5.71. The van der Waals surface area contributed by atoms with Crippen LogP contribution in [0.1, 0.15) is 10.4 Å². The summed E-state index contributed by atoms with van der Waals surface area (Å²) in [7, 11) is 1.47. The van der Waals surface area contributed by atoms with Crippen LogP contribution in [0.5, 0.6) is 0 Å². The Balaban J connectivity index is 1.72. The Morgan fingerprint density at radius 2 is 1.85 bits per heavy atom. The molecule has 0 saturated heterocycles. The predicted octanol–water partition coefficient (Wildman–Crippen LogP) is 0.0437. The quantitative estimate of drug-likeness (QED) is 0.402. The maximum absolute atomic E-state index is 12.5. The van der Waals surface area contributed by atoms with E-state index in [9.17, 15) is 19.2 Å². The Labute approximate surface area is 143 Å². The fourth-order valence-electron chi connectivity index (χ4n) is 2.67. The van der Waals surface area contributed by atoms with Gasteiger partial charge in [0.05, 0.1) is 22.0 Å². The van der Waals surface area contributed by atoms with E-state index in [0.29, 0.717) is 16.7 Å². The van der Waals surface area contributed by atoms with Crippen molar-refractivity contribution in [2.24, 2.45) is 7.05 Å². The average molecular weight is 352 g/mol. The summed E-state index contributed by atoms with van der Waals surface area (Å²) in [4.78, 5) is 58.7. The highest BCUT2D eigenvalue weighted by atomic mass is 16.2. The standard InChI is InChI=1S/C16H12N6O4/c1-22-12-9(14(24)21-16(22)26)4-7(6-17-12)13(23)18-8-2-3-10-11(5-8)20-15(25)19-10/h2-6H,1H3,(H,18,23)(H2,19,20,25)(H,21,24,26). The van der Waals surface area contributed by atoms with Crippen molar-refractivity contribution < 1.29 is 4.79 Å². The minimum Gasteiger partial charge on any atom is -0.322 e. The first-order chi connectivity index (χ1) is 12.4. The number of nitrogens with one attached hydrogen (secondary N) is 4. The molecule has 4 aromatic rings. The van der Waals surface area contributed by atoms with Crippen molar-refractivity contribution in [1.29, 1.82) is 0 Å². The number of carbonyl (C=O) groups excluding carboxylic acids is 1. The van der Waals surface area contributed by atoms with E-state index in [-0.39, 0.29) is 22.3 Å². The largest absolute Gasteiger partial charge is 0.329 e. The topological polar surface area (TPSA) is 146 Å². The van der Waals surface area contributed by atoms with E-state index in [1.165, 1.54) is 23.9 Å². The highest BCUT2D eigenvalue weighted by Crippen LogP contribution is 2.16. The summed E-state index contributed by atoms with van der Waals surface area (Å²) in [6, 6.07) is 6.26. The highest BCUT2D eigenvalue weighted by molar-refractivity contribution is 6.06. The number of H-pyrrole nitrogens is 3. The Hall–Kier alpha value is -3.95. The summed E-state index contributed by atoms with van der Waals surface area (Å²) >= 11 is 0. The first kappa shape index (κ1) is 15.6. The number of anilines is 1. The molecule has 3 heterocycles. The van der Waals surface area contributed by atoms with Crippen LogP contribution in [0, 0.1) is 0 Å². The lowest BCUT2D eigenvalue weighted by atomic mass is 10.2. The SMILES string of the molecule is Cn1c(=O)[nH]c(=O)c2cc(C(=O)Nc3ccc4[nH]c(=O)[nH]c4c3)cnc21. The fourth-order valence-corrected chi connectivity index (χ4v) is 2.67. The molecule has 0 unspecified atom stereocenters. The van der Waals surface area contributed by atoms with Crippen LogP contribution in [0.2, 0.25) is 0 Å². The molecule has 10 heteroatoms. The molecule has 130 valence electrons. The summed E-state index contributed by atoms with van der Waals surface area (Å²) < 4.78 is 1.19. The number of amides is 1. The fraction of sp³-hybridized carbons (Fsp3) is 0.0625. The molecular formula is C16H12N6O4. The number of aromatic amines is 3. The van der Waals surface area contributed by atoms with Gasteiger partial charge in [-0.2, -0.15) is 0 Å². The number of aromatic nitrogens is 5. The molecule has 0 aliphatic carbocycles. The van der Waals surface area contributed by atoms with Gasteiger partial charge in [0.25, 0.3) is 11.5 Å². The van der Waals surface area contributed by atoms with Crippen LogP contribution in [0.15, 0.2) is 44.8 Å². The summed E-state index contributed by atoms with van der Waals surface area (Å²) in [6.45, 7) is 0. The van der Waals surface area contributed by atoms with Crippen molar-refractivity contribution >= 4 is 33.7 Å². The first-order valence-corrected chi connectivity index (χ1v) is 7.55. The van der Waals surface area contributed by atoms with Gasteiger partial charge in [0.1, 0.15) is 5.65 Å². The van der Waals surface area contributed by atoms with Crippen LogP contribution < -0.4 is 22.3 Å². The lowest BCUT2D eigenvalue weighted by Crippen LogP contribution is -2.29. The molecule has 26 heavy (non-hydrogen) atoms. The smallest absolute Gasteiger partial charge is 0.322 e. The van der Waals surface area contributed by atoms with Crippen molar-refractivity contribution in [1.82, 2.24) is 24.5 Å². The Bertz CT molecular complexity index is 1360. The summed E-state index contributed by atoms with van der Waals surface area (Å²) in [5.74, 6) is -0.482. The van der Waals surface area contributed by atoms with Crippen molar-refractivity contribution in [2.75, 3.05) is 5.32 Å². The monoisotopic (exact) mass is 352 g/mol. The van der Waals surface area contributed by atoms with E-state index in [0.717, 1.165) is 0 Å². The third kappa shape index (κ3) is 2.49. The number of rotatable bonds is 2. The van der Waals surface area contributed by atoms with Gasteiger partial charge >= 0.3 is 11.4 Å². The zero-order chi connectivity index (χ0) is 18.4. The molecule has 0 aliphatic rings. The summed E-state index contributed by atoms with van der Waals surface area (Å²) in [6.07, 6.45) is 1.28. The predicted molar refractivity (Wildman–Crippen MR) is 94.5 cm³/mol. The highest BCUT2D eigenvalue weighted by Gasteiger charge is 2.12. The molecule has 4 rings (SSSR count). The Morgan fingerprint density at radius 1 is 1.08 bits per heavy atom. The average Bonchev–Trinajstić information content (AvgIpc) is 2.98. The van der Waals surface area contributed by atoms with Gasteiger partial charge in [0, 0.05) is 18.9 Å². The lowest BCUT2D eigenvalue weighted by molar-refractivity contribution is 0.102. The van der Waals surface area contributed by atoms with E-state index in [2.05, 4.69) is 25.3 Å². The number of carbonyl (C=O) groups is 1. The van der Waals surface area contributed by atoms with E-state index >= 15 is 0 Å². The third-order valence-electron chi connectivity index (χ3n) is 3.99. The van der Waals surface area contributed by atoms with Gasteiger partial charge in [-0.05, 0) is 24.3 Å². The third-order valence-corrected chi connectivity index (χ3v) is 3.99. The molecule has 0 aliphatic heterocycles. The number of hydrogen-bond acceptors (Lipinski definition) is 5. The van der Waals surface area contributed by atoms with E-state index in [1.54, 1.807) is 18.2 Å². The molecule has 3 aromatic heterocycles. The molecule has 1 amide bonds. The maximum Gasteiger partial charge on any atom is 0.329 e. The minimum absolute atomic E-state index is 0.130. The second-order valence-corrected chi connectivity index (χ2v) is 5.71. The first-order valence-electron chi connectivity index (χ1n) is 7.55. The maximum atomic E-state index is 12.5. The molecule has 0 radical (unpaired) electrons. The molecule has 1 aromatic carbocycles. The van der Waals surface area contributed by atoms with Gasteiger partial charge in [0.2, 0.25) is 0 Å². The number of pyridine rings is 1. The minimum atomic E-state index is -0.614.